The lowest BCUT2D eigenvalue weighted by molar-refractivity contribution is 0.398. The van der Waals surface area contributed by atoms with Gasteiger partial charge in [-0.2, -0.15) is 0 Å². The first kappa shape index (κ1) is 9.71. The van der Waals surface area contributed by atoms with Gasteiger partial charge in [0, 0.05) is 18.3 Å². The summed E-state index contributed by atoms with van der Waals surface area (Å²) < 4.78 is 5.03. The van der Waals surface area contributed by atoms with Crippen LogP contribution < -0.4 is 5.73 Å². The fraction of sp³-hybridized carbons (Fsp3) is 0.273. The highest BCUT2D eigenvalue weighted by Gasteiger charge is 2.16. The van der Waals surface area contributed by atoms with E-state index < -0.39 is 0 Å². The van der Waals surface area contributed by atoms with E-state index in [1.807, 2.05) is 18.2 Å². The van der Waals surface area contributed by atoms with Gasteiger partial charge in [-0.1, -0.05) is 0 Å². The zero-order valence-corrected chi connectivity index (χ0v) is 8.55. The first-order valence-corrected chi connectivity index (χ1v) is 4.77. The maximum absolute atomic E-state index is 5.81. The monoisotopic (exact) mass is 203 g/mol. The summed E-state index contributed by atoms with van der Waals surface area (Å²) in [4.78, 5) is 8.25. The lowest BCUT2D eigenvalue weighted by Crippen LogP contribution is -2.20. The average Bonchev–Trinajstić information content (AvgIpc) is 2.30. The molecule has 1 aromatic rings. The molecule has 15 heavy (non-hydrogen) atoms. The summed E-state index contributed by atoms with van der Waals surface area (Å²) in [6, 6.07) is 3.95. The molecule has 1 aromatic heterocycles. The number of ether oxygens (including phenoxy) is 1. The molecule has 1 aliphatic rings. The predicted octanol–water partition coefficient (Wildman–Crippen LogP) is 1.07. The Labute approximate surface area is 88.5 Å². The normalized spacial score (nSPS) is 20.5. The fourth-order valence-electron chi connectivity index (χ4n) is 1.61. The lowest BCUT2D eigenvalue weighted by Gasteiger charge is -2.17. The van der Waals surface area contributed by atoms with Crippen molar-refractivity contribution in [3.8, 4) is 0 Å². The summed E-state index contributed by atoms with van der Waals surface area (Å²) in [5, 5.41) is 0. The molecule has 0 amide bonds. The van der Waals surface area contributed by atoms with E-state index in [4.69, 9.17) is 10.5 Å². The third kappa shape index (κ3) is 1.98. The Morgan fingerprint density at radius 1 is 1.40 bits per heavy atom. The summed E-state index contributed by atoms with van der Waals surface area (Å²) in [6.07, 6.45) is 5.52. The van der Waals surface area contributed by atoms with Crippen molar-refractivity contribution in [1.29, 1.82) is 0 Å². The third-order valence-electron chi connectivity index (χ3n) is 2.39. The van der Waals surface area contributed by atoms with Gasteiger partial charge in [0.1, 0.15) is 0 Å². The van der Waals surface area contributed by atoms with Crippen molar-refractivity contribution in [2.24, 2.45) is 10.7 Å². The maximum Gasteiger partial charge on any atom is 0.231 e. The van der Waals surface area contributed by atoms with Crippen LogP contribution in [-0.4, -0.2) is 24.5 Å². The Hall–Kier alpha value is -1.84. The molecule has 78 valence electrons. The molecule has 1 unspecified atom stereocenters. The third-order valence-corrected chi connectivity index (χ3v) is 2.39. The van der Waals surface area contributed by atoms with Gasteiger partial charge in [-0.05, 0) is 23.8 Å². The first-order valence-electron chi connectivity index (χ1n) is 4.77. The summed E-state index contributed by atoms with van der Waals surface area (Å²) in [6.45, 7) is 0.674. The molecular formula is C11H13N3O. The molecule has 0 radical (unpaired) electrons. The lowest BCUT2D eigenvalue weighted by atomic mass is 9.97. The number of dihydropyridines is 1. The van der Waals surface area contributed by atoms with Crippen molar-refractivity contribution in [3.63, 3.8) is 0 Å². The molecule has 0 bridgehead atoms. The number of nitrogens with two attached hydrogens (primary N) is 1. The number of nitrogens with zero attached hydrogens (tertiary/aromatic N) is 2. The number of rotatable bonds is 1. The summed E-state index contributed by atoms with van der Waals surface area (Å²) >= 11 is 0. The van der Waals surface area contributed by atoms with Crippen molar-refractivity contribution in [2.75, 3.05) is 13.7 Å². The second-order valence-corrected chi connectivity index (χ2v) is 3.36. The van der Waals surface area contributed by atoms with E-state index in [2.05, 4.69) is 9.98 Å². The molecule has 4 heteroatoms. The number of methoxy groups -OCH3 is 1. The van der Waals surface area contributed by atoms with Crippen LogP contribution in [0.4, 0.5) is 0 Å². The number of hydrogen-bond donors (Lipinski definition) is 1. The SMILES string of the molecule is COC1=NCC(c2ccncc2)C=C1N. The molecule has 0 spiro atoms. The highest BCUT2D eigenvalue weighted by Crippen LogP contribution is 2.21. The second-order valence-electron chi connectivity index (χ2n) is 3.36. The molecule has 2 rings (SSSR count). The van der Waals surface area contributed by atoms with Crippen molar-refractivity contribution in [2.45, 2.75) is 5.92 Å². The van der Waals surface area contributed by atoms with Gasteiger partial charge in [-0.3, -0.25) is 4.98 Å². The maximum atomic E-state index is 5.81. The zero-order valence-electron chi connectivity index (χ0n) is 8.55. The molecule has 0 fully saturated rings. The van der Waals surface area contributed by atoms with Gasteiger partial charge < -0.3 is 10.5 Å². The number of hydrogen-bond acceptors (Lipinski definition) is 4. The minimum atomic E-state index is 0.229. The Morgan fingerprint density at radius 3 is 2.73 bits per heavy atom. The smallest absolute Gasteiger partial charge is 0.231 e. The molecule has 2 N–H and O–H groups in total. The molecule has 0 aromatic carbocycles. The van der Waals surface area contributed by atoms with Crippen molar-refractivity contribution < 1.29 is 4.74 Å². The van der Waals surface area contributed by atoms with E-state index in [9.17, 15) is 0 Å². The van der Waals surface area contributed by atoms with Crippen molar-refractivity contribution >= 4 is 5.90 Å². The minimum absolute atomic E-state index is 0.229. The van der Waals surface area contributed by atoms with Gasteiger partial charge >= 0.3 is 0 Å². The van der Waals surface area contributed by atoms with Gasteiger partial charge in [-0.15, -0.1) is 0 Å². The molecule has 0 aliphatic carbocycles. The van der Waals surface area contributed by atoms with Gasteiger partial charge in [0.05, 0.1) is 19.4 Å². The van der Waals surface area contributed by atoms with Crippen LogP contribution in [0.1, 0.15) is 11.5 Å². The van der Waals surface area contributed by atoms with E-state index >= 15 is 0 Å². The largest absolute Gasteiger partial charge is 0.480 e. The van der Waals surface area contributed by atoms with Crippen LogP contribution in [0.25, 0.3) is 0 Å². The number of pyridine rings is 1. The van der Waals surface area contributed by atoms with Gasteiger partial charge in [0.2, 0.25) is 5.90 Å². The van der Waals surface area contributed by atoms with Gasteiger partial charge in [-0.25, -0.2) is 4.99 Å². The summed E-state index contributed by atoms with van der Waals surface area (Å²) in [7, 11) is 1.58. The Morgan fingerprint density at radius 2 is 2.13 bits per heavy atom. The molecule has 1 aliphatic heterocycles. The Kier molecular flexibility index (Phi) is 2.67. The Balaban J connectivity index is 2.21. The molecule has 0 saturated carbocycles. The molecule has 2 heterocycles. The highest BCUT2D eigenvalue weighted by molar-refractivity contribution is 5.93. The van der Waals surface area contributed by atoms with Gasteiger partial charge in [0.25, 0.3) is 0 Å². The van der Waals surface area contributed by atoms with Crippen LogP contribution in [0, 0.1) is 0 Å². The first-order chi connectivity index (χ1) is 7.31. The second kappa shape index (κ2) is 4.13. The summed E-state index contributed by atoms with van der Waals surface area (Å²) in [5.41, 5.74) is 7.58. The van der Waals surface area contributed by atoms with Crippen molar-refractivity contribution in [3.05, 3.63) is 41.9 Å². The fourth-order valence-corrected chi connectivity index (χ4v) is 1.61. The summed E-state index contributed by atoms with van der Waals surface area (Å²) in [5.74, 6) is 0.757. The molecule has 0 saturated heterocycles. The van der Waals surface area contributed by atoms with E-state index in [-0.39, 0.29) is 5.92 Å². The van der Waals surface area contributed by atoms with Crippen molar-refractivity contribution in [1.82, 2.24) is 4.98 Å². The van der Waals surface area contributed by atoms with Crippen LogP contribution in [0.5, 0.6) is 0 Å². The Bertz CT molecular complexity index is 398. The van der Waals surface area contributed by atoms with Crippen LogP contribution in [0.2, 0.25) is 0 Å². The zero-order chi connectivity index (χ0) is 10.7. The topological polar surface area (TPSA) is 60.5 Å². The number of aromatic nitrogens is 1. The highest BCUT2D eigenvalue weighted by atomic mass is 16.5. The van der Waals surface area contributed by atoms with E-state index in [1.165, 1.54) is 5.56 Å². The molecular weight excluding hydrogens is 190 g/mol. The van der Waals surface area contributed by atoms with E-state index in [1.54, 1.807) is 19.5 Å². The van der Waals surface area contributed by atoms with Crippen LogP contribution in [0.3, 0.4) is 0 Å². The van der Waals surface area contributed by atoms with Gasteiger partial charge in [0.15, 0.2) is 0 Å². The number of aliphatic imine (C=N–C) groups is 1. The minimum Gasteiger partial charge on any atom is -0.480 e. The predicted molar refractivity (Wildman–Crippen MR) is 58.6 cm³/mol. The standard InChI is InChI=1S/C11H13N3O/c1-15-11-10(12)6-9(7-14-11)8-2-4-13-5-3-8/h2-6,9H,7,12H2,1H3. The van der Waals surface area contributed by atoms with Crippen LogP contribution in [-0.2, 0) is 4.74 Å². The quantitative estimate of drug-likeness (QED) is 0.742. The van der Waals surface area contributed by atoms with E-state index in [0.717, 1.165) is 0 Å². The van der Waals surface area contributed by atoms with Crippen LogP contribution >= 0.6 is 0 Å². The average molecular weight is 203 g/mol. The molecule has 4 nitrogen and oxygen atoms in total. The van der Waals surface area contributed by atoms with Crippen LogP contribution in [0.15, 0.2) is 41.3 Å². The molecule has 1 atom stereocenters. The van der Waals surface area contributed by atoms with E-state index in [0.29, 0.717) is 18.1 Å².